The maximum absolute atomic E-state index is 12.2. The predicted octanol–water partition coefficient (Wildman–Crippen LogP) is 1.40. The van der Waals surface area contributed by atoms with Gasteiger partial charge in [-0.15, -0.1) is 0 Å². The van der Waals surface area contributed by atoms with Crippen molar-refractivity contribution in [2.75, 3.05) is 12.4 Å². The molecule has 118 valence electrons. The number of hydrogen-bond donors (Lipinski definition) is 3. The van der Waals surface area contributed by atoms with Crippen molar-refractivity contribution in [1.82, 2.24) is 10.2 Å². The number of carbonyl (C=O) groups excluding carboxylic acids is 2. The van der Waals surface area contributed by atoms with Crippen LogP contribution in [-0.4, -0.2) is 28.9 Å². The smallest absolute Gasteiger partial charge is 0.279 e. The highest BCUT2D eigenvalue weighted by molar-refractivity contribution is 6.20. The van der Waals surface area contributed by atoms with Crippen LogP contribution in [0.5, 0.6) is 5.75 Å². The summed E-state index contributed by atoms with van der Waals surface area (Å²) in [6, 6.07) is 9.98. The molecule has 1 aliphatic rings. The lowest BCUT2D eigenvalue weighted by Gasteiger charge is -2.10. The fourth-order valence-electron chi connectivity index (χ4n) is 2.22. The van der Waals surface area contributed by atoms with E-state index in [1.165, 1.54) is 19.4 Å². The predicted molar refractivity (Wildman–Crippen MR) is 82.1 cm³/mol. The zero-order valence-electron chi connectivity index (χ0n) is 12.4. The monoisotopic (exact) mass is 313 g/mol. The summed E-state index contributed by atoms with van der Waals surface area (Å²) in [5.74, 6) is -0.297. The first-order valence-corrected chi connectivity index (χ1v) is 6.96. The molecule has 0 atom stereocenters. The average molecular weight is 313 g/mol. The summed E-state index contributed by atoms with van der Waals surface area (Å²) >= 11 is 0. The molecule has 0 saturated heterocycles. The van der Waals surface area contributed by atoms with Crippen LogP contribution in [0.2, 0.25) is 0 Å². The number of nitrogens with zero attached hydrogens (tertiary/aromatic N) is 1. The summed E-state index contributed by atoms with van der Waals surface area (Å²) in [5, 5.41) is 15.6. The van der Waals surface area contributed by atoms with Crippen molar-refractivity contribution in [3.63, 3.8) is 0 Å². The molecule has 0 bridgehead atoms. The van der Waals surface area contributed by atoms with Crippen molar-refractivity contribution in [1.29, 1.82) is 0 Å². The van der Waals surface area contributed by atoms with Crippen LogP contribution in [0.1, 0.15) is 5.76 Å². The van der Waals surface area contributed by atoms with Gasteiger partial charge < -0.3 is 20.2 Å². The third-order valence-electron chi connectivity index (χ3n) is 3.47. The van der Waals surface area contributed by atoms with Gasteiger partial charge in [-0.1, -0.05) is 12.1 Å². The number of benzene rings is 1. The Kier molecular flexibility index (Phi) is 3.76. The Labute approximate surface area is 132 Å². The van der Waals surface area contributed by atoms with E-state index in [2.05, 4.69) is 10.6 Å². The van der Waals surface area contributed by atoms with Gasteiger partial charge in [0.2, 0.25) is 0 Å². The fraction of sp³-hybridized carbons (Fsp3) is 0.125. The van der Waals surface area contributed by atoms with Gasteiger partial charge in [0, 0.05) is 7.05 Å². The number of anilines is 1. The van der Waals surface area contributed by atoms with E-state index in [1.807, 2.05) is 0 Å². The second kappa shape index (κ2) is 5.88. The average Bonchev–Trinajstić information content (AvgIpc) is 3.13. The first kappa shape index (κ1) is 14.7. The van der Waals surface area contributed by atoms with Crippen molar-refractivity contribution in [3.8, 4) is 5.75 Å². The molecule has 3 N–H and O–H groups in total. The molecule has 0 radical (unpaired) electrons. The van der Waals surface area contributed by atoms with Crippen LogP contribution in [0.4, 0.5) is 5.69 Å². The number of para-hydroxylation sites is 2. The molecule has 0 spiro atoms. The molecule has 0 fully saturated rings. The summed E-state index contributed by atoms with van der Waals surface area (Å²) in [4.78, 5) is 25.5. The zero-order chi connectivity index (χ0) is 16.4. The molecular weight excluding hydrogens is 298 g/mol. The second-order valence-electron chi connectivity index (χ2n) is 4.99. The van der Waals surface area contributed by atoms with Gasteiger partial charge in [0.25, 0.3) is 11.8 Å². The number of furan rings is 1. The summed E-state index contributed by atoms with van der Waals surface area (Å²) in [7, 11) is 1.40. The van der Waals surface area contributed by atoms with Gasteiger partial charge in [-0.2, -0.15) is 0 Å². The number of imide groups is 1. The van der Waals surface area contributed by atoms with Crippen molar-refractivity contribution in [3.05, 3.63) is 59.8 Å². The summed E-state index contributed by atoms with van der Waals surface area (Å²) in [6.07, 6.45) is 1.53. The maximum Gasteiger partial charge on any atom is 0.279 e. The minimum atomic E-state index is -0.472. The van der Waals surface area contributed by atoms with E-state index in [9.17, 15) is 14.7 Å². The Balaban J connectivity index is 1.88. The Morgan fingerprint density at radius 3 is 2.52 bits per heavy atom. The fourth-order valence-corrected chi connectivity index (χ4v) is 2.22. The summed E-state index contributed by atoms with van der Waals surface area (Å²) < 4.78 is 5.20. The molecule has 7 nitrogen and oxygen atoms in total. The molecule has 1 aromatic heterocycles. The number of phenolic OH excluding ortho intramolecular Hbond substituents is 1. The number of nitrogens with one attached hydrogen (secondary N) is 2. The molecule has 2 aromatic rings. The zero-order valence-corrected chi connectivity index (χ0v) is 12.4. The SMILES string of the molecule is CN1C(=O)C(NCc2ccco2)=C(Nc2ccccc2O)C1=O. The largest absolute Gasteiger partial charge is 0.506 e. The van der Waals surface area contributed by atoms with E-state index in [-0.39, 0.29) is 23.7 Å². The van der Waals surface area contributed by atoms with Gasteiger partial charge in [0.1, 0.15) is 22.9 Å². The van der Waals surface area contributed by atoms with E-state index >= 15 is 0 Å². The highest BCUT2D eigenvalue weighted by Gasteiger charge is 2.36. The highest BCUT2D eigenvalue weighted by atomic mass is 16.3. The number of likely N-dealkylation sites (N-methyl/N-ethyl adjacent to an activating group) is 1. The third kappa shape index (κ3) is 2.76. The van der Waals surface area contributed by atoms with E-state index in [0.717, 1.165) is 4.90 Å². The van der Waals surface area contributed by atoms with Crippen molar-refractivity contribution in [2.24, 2.45) is 0 Å². The number of aromatic hydroxyl groups is 1. The van der Waals surface area contributed by atoms with E-state index in [1.54, 1.807) is 30.3 Å². The maximum atomic E-state index is 12.2. The van der Waals surface area contributed by atoms with Gasteiger partial charge in [-0.25, -0.2) is 0 Å². The van der Waals surface area contributed by atoms with Crippen LogP contribution in [-0.2, 0) is 16.1 Å². The van der Waals surface area contributed by atoms with Gasteiger partial charge >= 0.3 is 0 Å². The number of carbonyl (C=O) groups is 2. The molecule has 2 heterocycles. The second-order valence-corrected chi connectivity index (χ2v) is 4.99. The first-order valence-electron chi connectivity index (χ1n) is 6.96. The van der Waals surface area contributed by atoms with Crippen molar-refractivity contribution < 1.29 is 19.1 Å². The lowest BCUT2D eigenvalue weighted by molar-refractivity contribution is -0.136. The molecule has 3 rings (SSSR count). The molecule has 0 unspecified atom stereocenters. The molecular formula is C16H15N3O4. The van der Waals surface area contributed by atoms with Gasteiger partial charge in [-0.05, 0) is 24.3 Å². The molecule has 1 aliphatic heterocycles. The molecule has 0 aliphatic carbocycles. The Hall–Kier alpha value is -3.22. The third-order valence-corrected chi connectivity index (χ3v) is 3.47. The number of rotatable bonds is 5. The molecule has 1 aromatic carbocycles. The summed E-state index contributed by atoms with van der Waals surface area (Å²) in [6.45, 7) is 0.265. The molecule has 0 saturated carbocycles. The Bertz CT molecular complexity index is 780. The number of amides is 2. The van der Waals surface area contributed by atoms with E-state index in [4.69, 9.17) is 4.42 Å². The van der Waals surface area contributed by atoms with E-state index in [0.29, 0.717) is 11.4 Å². The highest BCUT2D eigenvalue weighted by Crippen LogP contribution is 2.26. The Morgan fingerprint density at radius 1 is 1.09 bits per heavy atom. The lowest BCUT2D eigenvalue weighted by atomic mass is 10.2. The van der Waals surface area contributed by atoms with Crippen LogP contribution >= 0.6 is 0 Å². The molecule has 7 heteroatoms. The van der Waals surface area contributed by atoms with Gasteiger partial charge in [-0.3, -0.25) is 14.5 Å². The van der Waals surface area contributed by atoms with E-state index < -0.39 is 11.8 Å². The van der Waals surface area contributed by atoms with Gasteiger partial charge in [0.05, 0.1) is 18.5 Å². The van der Waals surface area contributed by atoms with Crippen LogP contribution in [0.3, 0.4) is 0 Å². The normalized spacial score (nSPS) is 14.6. The molecule has 23 heavy (non-hydrogen) atoms. The van der Waals surface area contributed by atoms with Crippen molar-refractivity contribution >= 4 is 17.5 Å². The summed E-state index contributed by atoms with van der Waals surface area (Å²) in [5.41, 5.74) is 0.568. The number of hydrogen-bond acceptors (Lipinski definition) is 6. The van der Waals surface area contributed by atoms with Gasteiger partial charge in [0.15, 0.2) is 0 Å². The topological polar surface area (TPSA) is 94.8 Å². The minimum absolute atomic E-state index is 0.0137. The van der Waals surface area contributed by atoms with Crippen LogP contribution in [0.15, 0.2) is 58.5 Å². The van der Waals surface area contributed by atoms with Crippen LogP contribution in [0, 0.1) is 0 Å². The standard InChI is InChI=1S/C16H15N3O4/c1-19-15(21)13(17-9-10-5-4-8-23-10)14(16(19)22)18-11-6-2-3-7-12(11)20/h2-8,17-18,20H,9H2,1H3. The Morgan fingerprint density at radius 2 is 1.83 bits per heavy atom. The molecule has 2 amide bonds. The van der Waals surface area contributed by atoms with Crippen LogP contribution in [0.25, 0.3) is 0 Å². The quantitative estimate of drug-likeness (QED) is 0.570. The van der Waals surface area contributed by atoms with Crippen LogP contribution < -0.4 is 10.6 Å². The minimum Gasteiger partial charge on any atom is -0.506 e. The van der Waals surface area contributed by atoms with Crippen molar-refractivity contribution in [2.45, 2.75) is 6.54 Å². The number of phenols is 1. The lowest BCUT2D eigenvalue weighted by Crippen LogP contribution is -2.29. The first-order chi connectivity index (χ1) is 11.1.